The number of carbonyl (C=O) groups is 3. The van der Waals surface area contributed by atoms with Crippen molar-refractivity contribution in [2.75, 3.05) is 38.1 Å². The lowest BCUT2D eigenvalue weighted by Crippen LogP contribution is -3.14. The normalized spacial score (nSPS) is 17.6. The van der Waals surface area contributed by atoms with Crippen molar-refractivity contribution < 1.29 is 28.8 Å². The number of quaternary nitrogens is 1. The second-order valence-electron chi connectivity index (χ2n) is 8.81. The summed E-state index contributed by atoms with van der Waals surface area (Å²) in [5, 5.41) is 11.6. The summed E-state index contributed by atoms with van der Waals surface area (Å²) >= 11 is 0. The van der Waals surface area contributed by atoms with E-state index in [9.17, 15) is 23.9 Å². The number of nitrogens with one attached hydrogen (secondary N) is 2. The Hall–Kier alpha value is -3.41. The fourth-order valence-electron chi connectivity index (χ4n) is 4.06. The average molecular weight is 524 g/mol. The highest BCUT2D eigenvalue weighted by Crippen LogP contribution is 2.33. The van der Waals surface area contributed by atoms with Gasteiger partial charge in [-0.1, -0.05) is 75.5 Å². The summed E-state index contributed by atoms with van der Waals surface area (Å²) in [7, 11) is 0.292. The van der Waals surface area contributed by atoms with Crippen molar-refractivity contribution in [3.8, 4) is 0 Å². The fourth-order valence-corrected chi connectivity index (χ4v) is 6.19. The lowest BCUT2D eigenvalue weighted by Gasteiger charge is -2.28. The first-order valence-corrected chi connectivity index (χ1v) is 14.3. The standard InChI is InChI=1S/C15H12FNO3.C14H20NOP/c16-12-8-6-11(7-9-12)14(18)17-13(15(19)20)10-4-2-1-3-5-10;1-2-17-10-8-15(9-11-17)12-14(16)13-6-4-3-5-7-13/h1-9,13H,(H,17,18)(H,19,20);3-7H,2,8-12H2,1H3/p+1. The van der Waals surface area contributed by atoms with E-state index in [2.05, 4.69) is 12.2 Å². The van der Waals surface area contributed by atoms with Gasteiger partial charge in [-0.25, -0.2) is 9.18 Å². The zero-order chi connectivity index (χ0) is 26.6. The number of halogens is 1. The zero-order valence-corrected chi connectivity index (χ0v) is 21.8. The number of amides is 1. The Morgan fingerprint density at radius 3 is 2.00 bits per heavy atom. The molecule has 3 N–H and O–H groups in total. The van der Waals surface area contributed by atoms with Crippen LogP contribution in [-0.2, 0) is 4.79 Å². The number of hydrogen-bond acceptors (Lipinski definition) is 3. The molecular formula is C29H33FN2O4P+. The number of carboxylic acids is 1. The van der Waals surface area contributed by atoms with E-state index >= 15 is 0 Å². The second-order valence-corrected chi connectivity index (χ2v) is 11.7. The van der Waals surface area contributed by atoms with E-state index < -0.39 is 23.7 Å². The summed E-state index contributed by atoms with van der Waals surface area (Å²) in [5.74, 6) is -1.89. The Kier molecular flexibility index (Phi) is 10.9. The summed E-state index contributed by atoms with van der Waals surface area (Å²) in [5.41, 5.74) is 1.53. The third kappa shape index (κ3) is 8.88. The minimum absolute atomic E-state index is 0.202. The quantitative estimate of drug-likeness (QED) is 0.311. The number of rotatable bonds is 8. The van der Waals surface area contributed by atoms with Crippen LogP contribution in [0.2, 0.25) is 0 Å². The van der Waals surface area contributed by atoms with Crippen molar-refractivity contribution in [2.45, 2.75) is 13.0 Å². The molecule has 1 heterocycles. The second kappa shape index (κ2) is 14.4. The van der Waals surface area contributed by atoms with E-state index in [1.807, 2.05) is 30.3 Å². The number of ketones is 1. The third-order valence-corrected chi connectivity index (χ3v) is 8.88. The Labute approximate surface area is 218 Å². The van der Waals surface area contributed by atoms with Gasteiger partial charge in [0.1, 0.15) is 12.4 Å². The first-order chi connectivity index (χ1) is 17.9. The molecule has 3 aromatic carbocycles. The molecule has 0 aromatic heterocycles. The van der Waals surface area contributed by atoms with Gasteiger partial charge in [-0.2, -0.15) is 0 Å². The molecule has 1 fully saturated rings. The predicted octanol–water partition coefficient (Wildman–Crippen LogP) is 3.65. The maximum Gasteiger partial charge on any atom is 0.330 e. The van der Waals surface area contributed by atoms with Crippen LogP contribution in [0.3, 0.4) is 0 Å². The van der Waals surface area contributed by atoms with Crippen molar-refractivity contribution in [1.29, 1.82) is 0 Å². The lowest BCUT2D eigenvalue weighted by molar-refractivity contribution is -0.887. The van der Waals surface area contributed by atoms with Crippen molar-refractivity contribution in [2.24, 2.45) is 0 Å². The van der Waals surface area contributed by atoms with E-state index in [-0.39, 0.29) is 5.56 Å². The Balaban J connectivity index is 0.000000208. The lowest BCUT2D eigenvalue weighted by atomic mass is 10.1. The smallest absolute Gasteiger partial charge is 0.330 e. The third-order valence-electron chi connectivity index (χ3n) is 6.28. The highest BCUT2D eigenvalue weighted by Gasteiger charge is 2.23. The molecule has 1 atom stereocenters. The number of Topliss-reactive ketones (excluding diaryl/α,β-unsaturated/α-hetero) is 1. The molecule has 3 aromatic rings. The molecule has 1 aliphatic rings. The highest BCUT2D eigenvalue weighted by atomic mass is 31.1. The Bertz CT molecular complexity index is 1150. The molecule has 1 aliphatic heterocycles. The minimum Gasteiger partial charge on any atom is -0.479 e. The molecule has 0 radical (unpaired) electrons. The number of carbonyl (C=O) groups excluding carboxylic acids is 2. The Morgan fingerprint density at radius 2 is 1.46 bits per heavy atom. The highest BCUT2D eigenvalue weighted by molar-refractivity contribution is 7.57. The van der Waals surface area contributed by atoms with Crippen molar-refractivity contribution in [3.05, 3.63) is 107 Å². The summed E-state index contributed by atoms with van der Waals surface area (Å²) in [6, 6.07) is 21.8. The van der Waals surface area contributed by atoms with Gasteiger partial charge in [0.05, 0.1) is 13.1 Å². The van der Waals surface area contributed by atoms with Gasteiger partial charge >= 0.3 is 5.97 Å². The van der Waals surface area contributed by atoms with Crippen LogP contribution >= 0.6 is 7.92 Å². The molecule has 0 aliphatic carbocycles. The summed E-state index contributed by atoms with van der Waals surface area (Å²) in [4.78, 5) is 36.7. The molecule has 0 bridgehead atoms. The topological polar surface area (TPSA) is 87.9 Å². The van der Waals surface area contributed by atoms with Crippen LogP contribution in [0.4, 0.5) is 4.39 Å². The van der Waals surface area contributed by atoms with E-state index in [1.165, 1.54) is 48.6 Å². The van der Waals surface area contributed by atoms with Gasteiger partial charge in [-0.05, 0) is 36.0 Å². The van der Waals surface area contributed by atoms with Gasteiger partial charge < -0.3 is 15.3 Å². The molecule has 194 valence electrons. The molecule has 1 unspecified atom stereocenters. The minimum atomic E-state index is -1.16. The molecule has 8 heteroatoms. The number of hydrogen-bond donors (Lipinski definition) is 3. The molecule has 1 saturated heterocycles. The number of aliphatic carboxylic acids is 1. The maximum absolute atomic E-state index is 12.8. The van der Waals surface area contributed by atoms with Gasteiger partial charge in [0.25, 0.3) is 5.91 Å². The largest absolute Gasteiger partial charge is 0.479 e. The molecule has 4 rings (SSSR count). The maximum atomic E-state index is 12.8. The molecule has 37 heavy (non-hydrogen) atoms. The summed E-state index contributed by atoms with van der Waals surface area (Å²) in [6.45, 7) is 5.36. The van der Waals surface area contributed by atoms with E-state index in [1.54, 1.807) is 30.3 Å². The van der Waals surface area contributed by atoms with E-state index in [4.69, 9.17) is 0 Å². The van der Waals surface area contributed by atoms with Crippen LogP contribution in [0.15, 0.2) is 84.9 Å². The number of benzene rings is 3. The van der Waals surface area contributed by atoms with Crippen LogP contribution < -0.4 is 10.2 Å². The van der Waals surface area contributed by atoms with Crippen molar-refractivity contribution in [3.63, 3.8) is 0 Å². The van der Waals surface area contributed by atoms with Crippen LogP contribution in [0.25, 0.3) is 0 Å². The molecular weight excluding hydrogens is 490 g/mol. The average Bonchev–Trinajstić information content (AvgIpc) is 2.93. The monoisotopic (exact) mass is 523 g/mol. The van der Waals surface area contributed by atoms with E-state index in [0.29, 0.717) is 25.8 Å². The van der Waals surface area contributed by atoms with Gasteiger partial charge in [-0.15, -0.1) is 0 Å². The number of carboxylic acid groups (broad SMARTS) is 1. The Morgan fingerprint density at radius 1 is 0.892 bits per heavy atom. The van der Waals surface area contributed by atoms with Gasteiger partial charge in [0.2, 0.25) is 5.78 Å². The van der Waals surface area contributed by atoms with Crippen LogP contribution in [0, 0.1) is 5.82 Å². The fraction of sp³-hybridized carbons (Fsp3) is 0.276. The summed E-state index contributed by atoms with van der Waals surface area (Å²) < 4.78 is 12.8. The molecule has 0 spiro atoms. The van der Waals surface area contributed by atoms with Crippen molar-refractivity contribution in [1.82, 2.24) is 5.32 Å². The van der Waals surface area contributed by atoms with Crippen molar-refractivity contribution >= 4 is 25.6 Å². The van der Waals surface area contributed by atoms with Gasteiger partial charge in [0, 0.05) is 23.5 Å². The zero-order valence-electron chi connectivity index (χ0n) is 20.9. The predicted molar refractivity (Wildman–Crippen MR) is 144 cm³/mol. The molecule has 0 saturated carbocycles. The van der Waals surface area contributed by atoms with Crippen LogP contribution in [-0.4, -0.2) is 60.9 Å². The first kappa shape index (κ1) is 28.2. The SMILES string of the molecule is CCP1CC[NH+](CC(=O)c2ccccc2)CC1.O=C(NC(C(=O)O)c1ccccc1)c1ccc(F)cc1. The van der Waals surface area contributed by atoms with Gasteiger partial charge in [0.15, 0.2) is 6.04 Å². The van der Waals surface area contributed by atoms with Gasteiger partial charge in [-0.3, -0.25) is 9.59 Å². The molecule has 6 nitrogen and oxygen atoms in total. The van der Waals surface area contributed by atoms with Crippen LogP contribution in [0.1, 0.15) is 39.2 Å². The molecule has 1 amide bonds. The van der Waals surface area contributed by atoms with Crippen LogP contribution in [0.5, 0.6) is 0 Å². The van der Waals surface area contributed by atoms with E-state index in [0.717, 1.165) is 17.7 Å². The first-order valence-electron chi connectivity index (χ1n) is 12.4. The summed E-state index contributed by atoms with van der Waals surface area (Å²) in [6.07, 6.45) is 4.06.